The molecule has 0 spiro atoms. The number of amides is 2. The molecule has 9 nitrogen and oxygen atoms in total. The molecule has 3 heterocycles. The van der Waals surface area contributed by atoms with Gasteiger partial charge in [0.25, 0.3) is 5.91 Å². The van der Waals surface area contributed by atoms with Crippen molar-refractivity contribution in [3.8, 4) is 0 Å². The monoisotopic (exact) mass is 541 g/mol. The molecule has 5 rings (SSSR count). The van der Waals surface area contributed by atoms with E-state index in [0.717, 1.165) is 82.4 Å². The minimum absolute atomic E-state index is 0.0294. The highest BCUT2D eigenvalue weighted by atomic mass is 32.2. The first-order valence-corrected chi connectivity index (χ1v) is 15.3. The summed E-state index contributed by atoms with van der Waals surface area (Å²) >= 11 is 0. The average molecular weight is 542 g/mol. The molecule has 10 heteroatoms. The van der Waals surface area contributed by atoms with Crippen molar-refractivity contribution in [3.63, 3.8) is 0 Å². The molecule has 2 fully saturated rings. The van der Waals surface area contributed by atoms with Gasteiger partial charge in [-0.1, -0.05) is 17.7 Å². The maximum Gasteiger partial charge on any atom is 0.270 e. The van der Waals surface area contributed by atoms with Crippen molar-refractivity contribution >= 4 is 21.8 Å². The van der Waals surface area contributed by atoms with Gasteiger partial charge in [0.2, 0.25) is 15.9 Å². The number of carbonyl (C=O) groups is 2. The molecule has 0 unspecified atom stereocenters. The molecule has 3 N–H and O–H groups in total. The van der Waals surface area contributed by atoms with Gasteiger partial charge in [-0.25, -0.2) is 8.42 Å². The third-order valence-corrected chi connectivity index (χ3v) is 9.92. The molecule has 0 saturated carbocycles. The largest absolute Gasteiger partial charge is 0.357 e. The lowest BCUT2D eigenvalue weighted by molar-refractivity contribution is -0.123. The van der Waals surface area contributed by atoms with Crippen LogP contribution in [-0.2, 0) is 27.7 Å². The Balaban J connectivity index is 1.05. The van der Waals surface area contributed by atoms with Gasteiger partial charge in [-0.2, -0.15) is 4.72 Å². The standard InChI is InChI=1S/C28H39N5O4S/c1-19-6-8-24(9-7-19)38(36,37)31-20(2)27(34)30-22-10-14-32(15-11-22)23-12-16-33(17-13-23)28(35)26-25-5-3-4-21(25)18-29-26/h6-9,18,20,22-23,29,31H,3-5,10-17H2,1-2H3,(H,30,34)/t20-/m0/s1. The Labute approximate surface area is 225 Å². The summed E-state index contributed by atoms with van der Waals surface area (Å²) in [5, 5.41) is 3.03. The van der Waals surface area contributed by atoms with E-state index in [1.165, 1.54) is 11.1 Å². The Morgan fingerprint density at radius 1 is 1.00 bits per heavy atom. The van der Waals surface area contributed by atoms with E-state index < -0.39 is 16.1 Å². The number of sulfonamides is 1. The second-order valence-electron chi connectivity index (χ2n) is 11.0. The SMILES string of the molecule is Cc1ccc(S(=O)(=O)N[C@@H](C)C(=O)NC2CCN(C3CCN(C(=O)c4[nH]cc5c4CCC5)CC3)CC2)cc1. The molecule has 3 aliphatic rings. The van der Waals surface area contributed by atoms with Gasteiger partial charge < -0.3 is 20.1 Å². The number of hydrogen-bond donors (Lipinski definition) is 3. The number of piperidine rings is 2. The van der Waals surface area contributed by atoms with Crippen LogP contribution in [0, 0.1) is 6.92 Å². The first-order chi connectivity index (χ1) is 18.2. The van der Waals surface area contributed by atoms with Crippen molar-refractivity contribution < 1.29 is 18.0 Å². The smallest absolute Gasteiger partial charge is 0.270 e. The van der Waals surface area contributed by atoms with Gasteiger partial charge in [0.1, 0.15) is 5.69 Å². The normalized spacial score (nSPS) is 20.3. The van der Waals surface area contributed by atoms with E-state index >= 15 is 0 Å². The van der Waals surface area contributed by atoms with Crippen LogP contribution in [-0.4, -0.2) is 79.3 Å². The number of hydrogen-bond acceptors (Lipinski definition) is 5. The van der Waals surface area contributed by atoms with E-state index in [9.17, 15) is 18.0 Å². The second kappa shape index (κ2) is 11.2. The molecule has 38 heavy (non-hydrogen) atoms. The quantitative estimate of drug-likeness (QED) is 0.498. The Kier molecular flexibility index (Phi) is 7.93. The van der Waals surface area contributed by atoms with Gasteiger partial charge >= 0.3 is 0 Å². The third kappa shape index (κ3) is 5.82. The molecule has 2 amide bonds. The zero-order valence-electron chi connectivity index (χ0n) is 22.3. The van der Waals surface area contributed by atoms with Crippen LogP contribution in [0.3, 0.4) is 0 Å². The number of aryl methyl sites for hydroxylation is 2. The lowest BCUT2D eigenvalue weighted by Gasteiger charge is -2.42. The number of carbonyl (C=O) groups excluding carboxylic acids is 2. The number of likely N-dealkylation sites (tertiary alicyclic amines) is 2. The van der Waals surface area contributed by atoms with Crippen molar-refractivity contribution in [2.45, 2.75) is 81.8 Å². The van der Waals surface area contributed by atoms with Crippen LogP contribution in [0.15, 0.2) is 35.4 Å². The summed E-state index contributed by atoms with van der Waals surface area (Å²) in [5.74, 6) is -0.165. The Morgan fingerprint density at radius 2 is 1.68 bits per heavy atom. The molecule has 1 aromatic heterocycles. The van der Waals surface area contributed by atoms with E-state index in [2.05, 4.69) is 19.9 Å². The molecule has 0 bridgehead atoms. The van der Waals surface area contributed by atoms with E-state index in [1.54, 1.807) is 31.2 Å². The minimum Gasteiger partial charge on any atom is -0.357 e. The lowest BCUT2D eigenvalue weighted by atomic mass is 9.97. The lowest BCUT2D eigenvalue weighted by Crippen LogP contribution is -2.54. The van der Waals surface area contributed by atoms with Crippen molar-refractivity contribution in [3.05, 3.63) is 52.8 Å². The zero-order chi connectivity index (χ0) is 26.9. The van der Waals surface area contributed by atoms with Crippen molar-refractivity contribution in [1.82, 2.24) is 24.8 Å². The number of nitrogens with zero attached hydrogens (tertiary/aromatic N) is 2. The van der Waals surface area contributed by atoms with Crippen molar-refractivity contribution in [2.24, 2.45) is 0 Å². The molecular formula is C28H39N5O4S. The van der Waals surface area contributed by atoms with Gasteiger partial charge in [0, 0.05) is 44.5 Å². The highest BCUT2D eigenvalue weighted by Gasteiger charge is 2.32. The zero-order valence-corrected chi connectivity index (χ0v) is 23.1. The van der Waals surface area contributed by atoms with Gasteiger partial charge in [-0.05, 0) is 82.1 Å². The van der Waals surface area contributed by atoms with Crippen LogP contribution >= 0.6 is 0 Å². The molecule has 2 aromatic rings. The summed E-state index contributed by atoms with van der Waals surface area (Å²) in [4.78, 5) is 33.7. The van der Waals surface area contributed by atoms with Gasteiger partial charge in [-0.15, -0.1) is 0 Å². The molecule has 1 atom stereocenters. The van der Waals surface area contributed by atoms with Gasteiger partial charge in [-0.3, -0.25) is 9.59 Å². The highest BCUT2D eigenvalue weighted by molar-refractivity contribution is 7.89. The van der Waals surface area contributed by atoms with Crippen LogP contribution in [0.5, 0.6) is 0 Å². The summed E-state index contributed by atoms with van der Waals surface area (Å²) in [6, 6.07) is 6.19. The highest BCUT2D eigenvalue weighted by Crippen LogP contribution is 2.27. The van der Waals surface area contributed by atoms with Gasteiger partial charge in [0.05, 0.1) is 10.9 Å². The Hall–Kier alpha value is -2.69. The summed E-state index contributed by atoms with van der Waals surface area (Å²) in [6.45, 7) is 6.78. The Bertz CT molecular complexity index is 1260. The van der Waals surface area contributed by atoms with E-state index in [-0.39, 0.29) is 22.8 Å². The number of H-pyrrole nitrogens is 1. The van der Waals surface area contributed by atoms with Crippen LogP contribution < -0.4 is 10.0 Å². The third-order valence-electron chi connectivity index (χ3n) is 8.37. The van der Waals surface area contributed by atoms with E-state index in [1.807, 2.05) is 18.0 Å². The first-order valence-electron chi connectivity index (χ1n) is 13.8. The molecule has 0 radical (unpaired) electrons. The minimum atomic E-state index is -3.76. The Morgan fingerprint density at radius 3 is 2.37 bits per heavy atom. The molecule has 2 aliphatic heterocycles. The molecule has 206 valence electrons. The first kappa shape index (κ1) is 26.9. The van der Waals surface area contributed by atoms with Crippen LogP contribution in [0.2, 0.25) is 0 Å². The van der Waals surface area contributed by atoms with Crippen LogP contribution in [0.25, 0.3) is 0 Å². The fourth-order valence-electron chi connectivity index (χ4n) is 6.05. The second-order valence-corrected chi connectivity index (χ2v) is 12.7. The fourth-order valence-corrected chi connectivity index (χ4v) is 7.25. The maximum absolute atomic E-state index is 13.1. The van der Waals surface area contributed by atoms with Crippen molar-refractivity contribution in [2.75, 3.05) is 26.2 Å². The van der Waals surface area contributed by atoms with Crippen LogP contribution in [0.4, 0.5) is 0 Å². The fraction of sp³-hybridized carbons (Fsp3) is 0.571. The summed E-state index contributed by atoms with van der Waals surface area (Å²) in [7, 11) is -3.76. The molecule has 1 aromatic carbocycles. The molecule has 1 aliphatic carbocycles. The van der Waals surface area contributed by atoms with E-state index in [4.69, 9.17) is 0 Å². The predicted molar refractivity (Wildman–Crippen MR) is 145 cm³/mol. The number of fused-ring (bicyclic) bond motifs is 1. The number of nitrogens with one attached hydrogen (secondary N) is 3. The number of aromatic amines is 1. The van der Waals surface area contributed by atoms with Crippen molar-refractivity contribution in [1.29, 1.82) is 0 Å². The van der Waals surface area contributed by atoms with E-state index in [0.29, 0.717) is 6.04 Å². The van der Waals surface area contributed by atoms with Crippen LogP contribution in [0.1, 0.15) is 66.2 Å². The summed E-state index contributed by atoms with van der Waals surface area (Å²) < 4.78 is 27.7. The number of rotatable bonds is 7. The number of aromatic nitrogens is 1. The molecular weight excluding hydrogens is 502 g/mol. The topological polar surface area (TPSA) is 115 Å². The van der Waals surface area contributed by atoms with Gasteiger partial charge in [0.15, 0.2) is 0 Å². The average Bonchev–Trinajstić information content (AvgIpc) is 3.53. The predicted octanol–water partition coefficient (Wildman–Crippen LogP) is 2.36. The molecule has 2 saturated heterocycles. The maximum atomic E-state index is 13.1. The summed E-state index contributed by atoms with van der Waals surface area (Å²) in [6.07, 6.45) is 8.80. The summed E-state index contributed by atoms with van der Waals surface area (Å²) in [5.41, 5.74) is 4.29. The number of benzene rings is 1.